The van der Waals surface area contributed by atoms with E-state index in [0.717, 1.165) is 0 Å². The maximum Gasteiger partial charge on any atom is 0.0692 e. The lowest BCUT2D eigenvalue weighted by Gasteiger charge is -2.17. The van der Waals surface area contributed by atoms with Crippen LogP contribution < -0.4 is 5.32 Å². The maximum atomic E-state index is 9.89. The molecule has 2 nitrogen and oxygen atoms in total. The number of rotatable bonds is 5. The van der Waals surface area contributed by atoms with Crippen molar-refractivity contribution in [2.24, 2.45) is 5.92 Å². The molecule has 1 aliphatic carbocycles. The summed E-state index contributed by atoms with van der Waals surface area (Å²) in [6, 6.07) is 15.3. The summed E-state index contributed by atoms with van der Waals surface area (Å²) in [6.45, 7) is 2.85. The molecule has 0 aromatic heterocycles. The smallest absolute Gasteiger partial charge is 0.0692 e. The van der Waals surface area contributed by atoms with Crippen LogP contribution in [0.3, 0.4) is 0 Å². The predicted octanol–water partition coefficient (Wildman–Crippen LogP) is 3.26. The van der Waals surface area contributed by atoms with E-state index < -0.39 is 0 Å². The molecule has 2 N–H and O–H groups in total. The number of hydrogen-bond acceptors (Lipinski definition) is 2. The van der Waals surface area contributed by atoms with Gasteiger partial charge in [0.1, 0.15) is 0 Å². The normalized spacial score (nSPS) is 18.4. The highest BCUT2D eigenvalue weighted by atomic mass is 16.3. The highest BCUT2D eigenvalue weighted by Gasteiger charge is 2.29. The Balaban J connectivity index is 1.68. The van der Waals surface area contributed by atoms with Gasteiger partial charge in [0.05, 0.1) is 6.10 Å². The second-order valence-electron chi connectivity index (χ2n) is 5.64. The van der Waals surface area contributed by atoms with E-state index in [4.69, 9.17) is 0 Å². The third-order valence-corrected chi connectivity index (χ3v) is 4.07. The monoisotopic (exact) mass is 255 g/mol. The molecule has 2 unspecified atom stereocenters. The van der Waals surface area contributed by atoms with E-state index in [1.165, 1.54) is 29.2 Å². The average Bonchev–Trinajstić information content (AvgIpc) is 3.28. The van der Waals surface area contributed by atoms with Gasteiger partial charge >= 0.3 is 0 Å². The summed E-state index contributed by atoms with van der Waals surface area (Å²) in [6.07, 6.45) is 2.20. The van der Waals surface area contributed by atoms with Crippen molar-refractivity contribution in [1.82, 2.24) is 5.32 Å². The lowest BCUT2D eigenvalue weighted by molar-refractivity contribution is 0.145. The molecule has 100 valence electrons. The van der Waals surface area contributed by atoms with Gasteiger partial charge in [-0.05, 0) is 48.1 Å². The van der Waals surface area contributed by atoms with E-state index in [1.807, 2.05) is 0 Å². The number of hydrogen-bond donors (Lipinski definition) is 2. The molecule has 0 aliphatic heterocycles. The number of fused-ring (bicyclic) bond motifs is 1. The molecule has 3 rings (SSSR count). The van der Waals surface area contributed by atoms with Crippen molar-refractivity contribution in [3.8, 4) is 0 Å². The molecule has 0 saturated heterocycles. The summed E-state index contributed by atoms with van der Waals surface area (Å²) in [5.41, 5.74) is 1.28. The summed E-state index contributed by atoms with van der Waals surface area (Å²) in [4.78, 5) is 0. The maximum absolute atomic E-state index is 9.89. The Labute approximate surface area is 114 Å². The molecule has 1 fully saturated rings. The molecule has 2 aromatic carbocycles. The van der Waals surface area contributed by atoms with Crippen LogP contribution in [0.4, 0.5) is 0 Å². The van der Waals surface area contributed by atoms with Crippen molar-refractivity contribution in [2.45, 2.75) is 31.9 Å². The van der Waals surface area contributed by atoms with Crippen molar-refractivity contribution in [2.75, 3.05) is 6.54 Å². The van der Waals surface area contributed by atoms with Gasteiger partial charge in [0.2, 0.25) is 0 Å². The van der Waals surface area contributed by atoms with E-state index in [2.05, 4.69) is 54.7 Å². The summed E-state index contributed by atoms with van der Waals surface area (Å²) in [5, 5.41) is 15.9. The van der Waals surface area contributed by atoms with Gasteiger partial charge in [0.25, 0.3) is 0 Å². The minimum atomic E-state index is -0.178. The highest BCUT2D eigenvalue weighted by Crippen LogP contribution is 2.32. The summed E-state index contributed by atoms with van der Waals surface area (Å²) in [7, 11) is 0. The van der Waals surface area contributed by atoms with Crippen LogP contribution in [0, 0.1) is 5.92 Å². The van der Waals surface area contributed by atoms with Gasteiger partial charge in [0, 0.05) is 12.6 Å². The zero-order chi connectivity index (χ0) is 13.2. The third kappa shape index (κ3) is 2.96. The van der Waals surface area contributed by atoms with E-state index >= 15 is 0 Å². The number of nitrogens with one attached hydrogen (secondary N) is 1. The fourth-order valence-corrected chi connectivity index (χ4v) is 2.54. The van der Waals surface area contributed by atoms with Crippen molar-refractivity contribution >= 4 is 10.8 Å². The predicted molar refractivity (Wildman–Crippen MR) is 79.1 cm³/mol. The first-order valence-electron chi connectivity index (χ1n) is 7.14. The van der Waals surface area contributed by atoms with Gasteiger partial charge in [-0.1, -0.05) is 36.4 Å². The van der Waals surface area contributed by atoms with Gasteiger partial charge in [-0.2, -0.15) is 0 Å². The molecule has 19 heavy (non-hydrogen) atoms. The Bertz CT molecular complexity index is 562. The van der Waals surface area contributed by atoms with Crippen molar-refractivity contribution in [1.29, 1.82) is 0 Å². The van der Waals surface area contributed by atoms with E-state index in [-0.39, 0.29) is 12.1 Å². The topological polar surface area (TPSA) is 32.3 Å². The Morgan fingerprint density at radius 3 is 2.63 bits per heavy atom. The van der Waals surface area contributed by atoms with Gasteiger partial charge in [-0.3, -0.25) is 0 Å². The number of aliphatic hydroxyl groups excluding tert-OH is 1. The van der Waals surface area contributed by atoms with Crippen LogP contribution >= 0.6 is 0 Å². The largest absolute Gasteiger partial charge is 0.392 e. The molecule has 1 saturated carbocycles. The van der Waals surface area contributed by atoms with E-state index in [0.29, 0.717) is 12.5 Å². The summed E-state index contributed by atoms with van der Waals surface area (Å²) >= 11 is 0. The highest BCUT2D eigenvalue weighted by molar-refractivity contribution is 5.83. The Kier molecular flexibility index (Phi) is 3.54. The first kappa shape index (κ1) is 12.6. The molecule has 0 radical (unpaired) electrons. The fourth-order valence-electron chi connectivity index (χ4n) is 2.54. The minimum Gasteiger partial charge on any atom is -0.392 e. The van der Waals surface area contributed by atoms with Crippen LogP contribution in [0.1, 0.15) is 31.4 Å². The lowest BCUT2D eigenvalue weighted by atomic mass is 10.0. The molecule has 0 amide bonds. The summed E-state index contributed by atoms with van der Waals surface area (Å²) < 4.78 is 0. The quantitative estimate of drug-likeness (QED) is 0.859. The zero-order valence-electron chi connectivity index (χ0n) is 11.3. The molecular formula is C17H21NO. The summed E-state index contributed by atoms with van der Waals surface area (Å²) in [5.74, 6) is 0.538. The SMILES string of the molecule is CC(NCC(O)C1CC1)c1ccc2ccccc2c1. The Hall–Kier alpha value is -1.38. The number of aliphatic hydroxyl groups is 1. The van der Waals surface area contributed by atoms with Crippen molar-refractivity contribution < 1.29 is 5.11 Å². The van der Waals surface area contributed by atoms with E-state index in [9.17, 15) is 5.11 Å². The molecule has 0 spiro atoms. The van der Waals surface area contributed by atoms with Crippen molar-refractivity contribution in [3.63, 3.8) is 0 Å². The van der Waals surface area contributed by atoms with Crippen LogP contribution in [0.15, 0.2) is 42.5 Å². The third-order valence-electron chi connectivity index (χ3n) is 4.07. The van der Waals surface area contributed by atoms with Gasteiger partial charge < -0.3 is 10.4 Å². The Morgan fingerprint density at radius 1 is 1.16 bits per heavy atom. The van der Waals surface area contributed by atoms with Crippen LogP contribution in [0.5, 0.6) is 0 Å². The van der Waals surface area contributed by atoms with E-state index in [1.54, 1.807) is 0 Å². The molecule has 0 heterocycles. The average molecular weight is 255 g/mol. The molecule has 2 atom stereocenters. The van der Waals surface area contributed by atoms with Gasteiger partial charge in [0.15, 0.2) is 0 Å². The molecule has 0 bridgehead atoms. The fraction of sp³-hybridized carbons (Fsp3) is 0.412. The standard InChI is InChI=1S/C17H21NO/c1-12(18-11-17(19)14-7-8-14)15-9-6-13-4-2-3-5-16(13)10-15/h2-6,9-10,12,14,17-19H,7-8,11H2,1H3. The lowest BCUT2D eigenvalue weighted by Crippen LogP contribution is -2.30. The van der Waals surface area contributed by atoms with Gasteiger partial charge in [-0.25, -0.2) is 0 Å². The van der Waals surface area contributed by atoms with Crippen LogP contribution in [-0.4, -0.2) is 17.8 Å². The van der Waals surface area contributed by atoms with Gasteiger partial charge in [-0.15, -0.1) is 0 Å². The van der Waals surface area contributed by atoms with Crippen LogP contribution in [-0.2, 0) is 0 Å². The second-order valence-corrected chi connectivity index (χ2v) is 5.64. The molecule has 2 aromatic rings. The minimum absolute atomic E-state index is 0.178. The number of benzene rings is 2. The van der Waals surface area contributed by atoms with Crippen molar-refractivity contribution in [3.05, 3.63) is 48.0 Å². The Morgan fingerprint density at radius 2 is 1.89 bits per heavy atom. The molecule has 1 aliphatic rings. The second kappa shape index (κ2) is 5.32. The van der Waals surface area contributed by atoms with Crippen LogP contribution in [0.2, 0.25) is 0 Å². The first-order valence-corrected chi connectivity index (χ1v) is 7.14. The molecule has 2 heteroatoms. The van der Waals surface area contributed by atoms with Crippen LogP contribution in [0.25, 0.3) is 10.8 Å². The molecular weight excluding hydrogens is 234 g/mol. The zero-order valence-corrected chi connectivity index (χ0v) is 11.3. The first-order chi connectivity index (χ1) is 9.24.